The van der Waals surface area contributed by atoms with E-state index >= 15 is 0 Å². The Labute approximate surface area is 211 Å². The van der Waals surface area contributed by atoms with Crippen molar-refractivity contribution in [1.29, 1.82) is 0 Å². The molecule has 0 amide bonds. The number of aryl methyl sites for hydroxylation is 2. The number of nitrogens with one attached hydrogen (secondary N) is 1. The second-order valence-corrected chi connectivity index (χ2v) is 10.6. The van der Waals surface area contributed by atoms with Crippen molar-refractivity contribution in [2.45, 2.75) is 85.0 Å². The lowest BCUT2D eigenvalue weighted by atomic mass is 9.94. The van der Waals surface area contributed by atoms with Crippen LogP contribution >= 0.6 is 0 Å². The third-order valence-corrected chi connectivity index (χ3v) is 7.43. The Kier molecular flexibility index (Phi) is 7.05. The largest absolute Gasteiger partial charge is 0.468 e. The lowest BCUT2D eigenvalue weighted by Gasteiger charge is -2.34. The number of furan rings is 1. The number of hydrogen-bond donors (Lipinski definition) is 1. The summed E-state index contributed by atoms with van der Waals surface area (Å²) < 4.78 is 7.79. The third kappa shape index (κ3) is 5.00. The van der Waals surface area contributed by atoms with E-state index in [-0.39, 0.29) is 17.5 Å². The van der Waals surface area contributed by atoms with Gasteiger partial charge in [-0.2, -0.15) is 0 Å². The first-order valence-electron chi connectivity index (χ1n) is 13.1. The van der Waals surface area contributed by atoms with E-state index in [0.29, 0.717) is 19.1 Å². The topological polar surface area (TPSA) is 92.8 Å². The van der Waals surface area contributed by atoms with Gasteiger partial charge >= 0.3 is 0 Å². The van der Waals surface area contributed by atoms with Crippen LogP contribution in [0.2, 0.25) is 0 Å². The number of tetrazole rings is 1. The van der Waals surface area contributed by atoms with Crippen molar-refractivity contribution in [3.05, 3.63) is 75.2 Å². The maximum atomic E-state index is 13.2. The highest BCUT2D eigenvalue weighted by atomic mass is 16.3. The van der Waals surface area contributed by atoms with Crippen molar-refractivity contribution in [3.8, 4) is 0 Å². The fraction of sp³-hybridized carbons (Fsp3) is 0.500. The summed E-state index contributed by atoms with van der Waals surface area (Å²) in [7, 11) is 0. The van der Waals surface area contributed by atoms with E-state index in [4.69, 9.17) is 4.42 Å². The van der Waals surface area contributed by atoms with Gasteiger partial charge in [0.2, 0.25) is 0 Å². The van der Waals surface area contributed by atoms with Crippen LogP contribution in [0.15, 0.2) is 45.8 Å². The molecular formula is C28H36N6O2. The Hall–Kier alpha value is -3.26. The van der Waals surface area contributed by atoms with Gasteiger partial charge in [-0.3, -0.25) is 9.69 Å². The molecule has 1 aliphatic rings. The summed E-state index contributed by atoms with van der Waals surface area (Å²) in [5.41, 5.74) is 3.83. The van der Waals surface area contributed by atoms with E-state index in [0.717, 1.165) is 52.0 Å². The first-order valence-corrected chi connectivity index (χ1v) is 13.1. The molecule has 3 aromatic heterocycles. The second-order valence-electron chi connectivity index (χ2n) is 10.6. The second kappa shape index (κ2) is 10.4. The standard InChI is InChI=1S/C28H36N6O2/c1-18(2)26(27-30-31-32-34(27)22-9-6-5-7-10-22)33(17-23-11-8-12-36-23)16-21-15-24-20(4)13-19(3)14-25(24)29-28(21)35/h8,11-15,18,22,26H,5-7,9-10,16-17H2,1-4H3,(H,29,35)/t26-/m0/s1. The number of rotatable bonds is 8. The first kappa shape index (κ1) is 24.4. The van der Waals surface area contributed by atoms with Gasteiger partial charge in [-0.25, -0.2) is 4.68 Å². The fourth-order valence-electron chi connectivity index (χ4n) is 5.77. The zero-order valence-electron chi connectivity index (χ0n) is 21.7. The lowest BCUT2D eigenvalue weighted by Crippen LogP contribution is -2.36. The minimum atomic E-state index is -0.0822. The molecule has 1 aliphatic carbocycles. The van der Waals surface area contributed by atoms with Crippen LogP contribution in [0, 0.1) is 19.8 Å². The summed E-state index contributed by atoms with van der Waals surface area (Å²) >= 11 is 0. The molecule has 3 heterocycles. The lowest BCUT2D eigenvalue weighted by molar-refractivity contribution is 0.112. The Balaban J connectivity index is 1.56. The van der Waals surface area contributed by atoms with Crippen molar-refractivity contribution < 1.29 is 4.42 Å². The molecule has 1 saturated carbocycles. The summed E-state index contributed by atoms with van der Waals surface area (Å²) in [5.74, 6) is 1.94. The molecule has 1 N–H and O–H groups in total. The normalized spacial score (nSPS) is 15.8. The van der Waals surface area contributed by atoms with Gasteiger partial charge in [-0.05, 0) is 78.4 Å². The summed E-state index contributed by atoms with van der Waals surface area (Å²) in [5, 5.41) is 14.2. The number of benzene rings is 1. The van der Waals surface area contributed by atoms with Crippen LogP contribution < -0.4 is 5.56 Å². The zero-order chi connectivity index (χ0) is 25.2. The number of nitrogens with zero attached hydrogens (tertiary/aromatic N) is 5. The molecule has 8 nitrogen and oxygen atoms in total. The first-order chi connectivity index (χ1) is 17.4. The summed E-state index contributed by atoms with van der Waals surface area (Å²) in [4.78, 5) is 18.6. The Morgan fingerprint density at radius 1 is 1.14 bits per heavy atom. The summed E-state index contributed by atoms with van der Waals surface area (Å²) in [6, 6.07) is 10.3. The van der Waals surface area contributed by atoms with Crippen LogP contribution in [0.4, 0.5) is 0 Å². The number of pyridine rings is 1. The van der Waals surface area contributed by atoms with Crippen molar-refractivity contribution in [1.82, 2.24) is 30.1 Å². The molecule has 5 rings (SSSR count). The van der Waals surface area contributed by atoms with Gasteiger partial charge in [0.15, 0.2) is 5.82 Å². The zero-order valence-corrected chi connectivity index (χ0v) is 21.7. The van der Waals surface area contributed by atoms with E-state index in [2.05, 4.69) is 56.9 Å². The van der Waals surface area contributed by atoms with Crippen molar-refractivity contribution in [3.63, 3.8) is 0 Å². The summed E-state index contributed by atoms with van der Waals surface area (Å²) in [6.07, 6.45) is 7.58. The van der Waals surface area contributed by atoms with Gasteiger partial charge < -0.3 is 9.40 Å². The van der Waals surface area contributed by atoms with E-state index in [1.54, 1.807) is 6.26 Å². The molecule has 1 atom stereocenters. The molecule has 0 spiro atoms. The minimum Gasteiger partial charge on any atom is -0.468 e. The molecule has 8 heteroatoms. The van der Waals surface area contributed by atoms with Gasteiger partial charge in [-0.15, -0.1) is 5.10 Å². The molecule has 1 aromatic carbocycles. The van der Waals surface area contributed by atoms with E-state index < -0.39 is 0 Å². The van der Waals surface area contributed by atoms with Gasteiger partial charge in [0.25, 0.3) is 5.56 Å². The molecule has 0 radical (unpaired) electrons. The number of H-pyrrole nitrogens is 1. The van der Waals surface area contributed by atoms with Gasteiger partial charge in [0, 0.05) is 23.0 Å². The Bertz CT molecular complexity index is 1360. The van der Waals surface area contributed by atoms with E-state index in [9.17, 15) is 4.79 Å². The van der Waals surface area contributed by atoms with Crippen LogP contribution in [-0.2, 0) is 13.1 Å². The van der Waals surface area contributed by atoms with Gasteiger partial charge in [0.1, 0.15) is 5.76 Å². The van der Waals surface area contributed by atoms with Crippen LogP contribution in [-0.4, -0.2) is 30.1 Å². The number of fused-ring (bicyclic) bond motifs is 1. The highest BCUT2D eigenvalue weighted by molar-refractivity contribution is 5.83. The molecule has 0 bridgehead atoms. The van der Waals surface area contributed by atoms with E-state index in [1.807, 2.05) is 31.2 Å². The Morgan fingerprint density at radius 3 is 2.67 bits per heavy atom. The highest BCUT2D eigenvalue weighted by Crippen LogP contribution is 2.35. The van der Waals surface area contributed by atoms with Crippen molar-refractivity contribution in [2.75, 3.05) is 0 Å². The summed E-state index contributed by atoms with van der Waals surface area (Å²) in [6.45, 7) is 9.53. The van der Waals surface area contributed by atoms with Gasteiger partial charge in [0.05, 0.1) is 24.9 Å². The molecule has 36 heavy (non-hydrogen) atoms. The number of hydrogen-bond acceptors (Lipinski definition) is 6. The molecule has 0 saturated heterocycles. The maximum Gasteiger partial charge on any atom is 0.252 e. The third-order valence-electron chi connectivity index (χ3n) is 7.43. The molecule has 0 aliphatic heterocycles. The van der Waals surface area contributed by atoms with Crippen LogP contribution in [0.5, 0.6) is 0 Å². The fourth-order valence-corrected chi connectivity index (χ4v) is 5.77. The van der Waals surface area contributed by atoms with Crippen molar-refractivity contribution >= 4 is 10.9 Å². The quantitative estimate of drug-likeness (QED) is 0.346. The molecular weight excluding hydrogens is 452 g/mol. The molecule has 4 aromatic rings. The SMILES string of the molecule is Cc1cc(C)c2cc(CN(Cc3ccco3)[C@H](c3nnnn3C3CCCCC3)C(C)C)c(=O)[nH]c2c1. The predicted molar refractivity (Wildman–Crippen MR) is 140 cm³/mol. The predicted octanol–water partition coefficient (Wildman–Crippen LogP) is 5.63. The van der Waals surface area contributed by atoms with Crippen LogP contribution in [0.1, 0.15) is 86.3 Å². The van der Waals surface area contributed by atoms with E-state index in [1.165, 1.54) is 19.3 Å². The molecule has 190 valence electrons. The molecule has 1 fully saturated rings. The van der Waals surface area contributed by atoms with Crippen LogP contribution in [0.3, 0.4) is 0 Å². The number of aromatic nitrogens is 5. The minimum absolute atomic E-state index is 0.0636. The van der Waals surface area contributed by atoms with Gasteiger partial charge in [-0.1, -0.05) is 39.2 Å². The average molecular weight is 489 g/mol. The van der Waals surface area contributed by atoms with Crippen LogP contribution in [0.25, 0.3) is 10.9 Å². The molecule has 0 unspecified atom stereocenters. The monoisotopic (exact) mass is 488 g/mol. The Morgan fingerprint density at radius 2 is 1.94 bits per heavy atom. The smallest absolute Gasteiger partial charge is 0.252 e. The highest BCUT2D eigenvalue weighted by Gasteiger charge is 2.32. The maximum absolute atomic E-state index is 13.2. The average Bonchev–Trinajstić information content (AvgIpc) is 3.53. The van der Waals surface area contributed by atoms with Crippen molar-refractivity contribution in [2.24, 2.45) is 5.92 Å². The number of aromatic amines is 1.